The molecule has 2 heterocycles. The Kier molecular flexibility index (Phi) is 6.62. The normalized spacial score (nSPS) is 10.6. The summed E-state index contributed by atoms with van der Waals surface area (Å²) in [5.41, 5.74) is 1.47. The lowest BCUT2D eigenvalue weighted by Crippen LogP contribution is -2.24. The number of nitrogens with one attached hydrogen (secondary N) is 2. The number of benzene rings is 1. The van der Waals surface area contributed by atoms with Crippen molar-refractivity contribution in [2.24, 2.45) is 0 Å². The molecule has 0 aliphatic heterocycles. The number of hydrogen-bond acceptors (Lipinski definition) is 6. The zero-order valence-corrected chi connectivity index (χ0v) is 16.3. The number of anilines is 1. The number of ether oxygens (including phenoxy) is 2. The molecule has 2 amide bonds. The highest BCUT2D eigenvalue weighted by molar-refractivity contribution is 5.92. The number of methoxy groups -OCH3 is 1. The molecule has 0 radical (unpaired) electrons. The van der Waals surface area contributed by atoms with Crippen LogP contribution in [0.25, 0.3) is 5.65 Å². The molecule has 9 heteroatoms. The fourth-order valence-corrected chi connectivity index (χ4v) is 2.74. The molecule has 2 aromatic heterocycles. The summed E-state index contributed by atoms with van der Waals surface area (Å²) in [6.07, 6.45) is 0.0838. The molecule has 3 rings (SSSR count). The molecule has 0 aliphatic carbocycles. The minimum atomic E-state index is -0.331. The molecule has 0 unspecified atom stereocenters. The second-order valence-corrected chi connectivity index (χ2v) is 6.19. The van der Waals surface area contributed by atoms with Gasteiger partial charge in [0.1, 0.15) is 5.75 Å². The summed E-state index contributed by atoms with van der Waals surface area (Å²) in [5.74, 6) is 0.960. The van der Waals surface area contributed by atoms with E-state index >= 15 is 0 Å². The van der Waals surface area contributed by atoms with Gasteiger partial charge in [-0.05, 0) is 36.8 Å². The van der Waals surface area contributed by atoms with Crippen LogP contribution in [0.2, 0.25) is 0 Å². The summed E-state index contributed by atoms with van der Waals surface area (Å²) in [6, 6.07) is 12.8. The number of aromatic nitrogens is 3. The molecule has 0 saturated heterocycles. The molecule has 0 aliphatic rings. The molecule has 0 spiro atoms. The van der Waals surface area contributed by atoms with Gasteiger partial charge in [0.05, 0.1) is 13.7 Å². The van der Waals surface area contributed by atoms with E-state index in [9.17, 15) is 9.59 Å². The maximum atomic E-state index is 12.3. The molecular formula is C20H23N5O4. The van der Waals surface area contributed by atoms with E-state index in [1.54, 1.807) is 29.7 Å². The van der Waals surface area contributed by atoms with Gasteiger partial charge in [0, 0.05) is 19.4 Å². The number of carbonyl (C=O) groups is 2. The zero-order chi connectivity index (χ0) is 20.6. The molecule has 2 N–H and O–H groups in total. The van der Waals surface area contributed by atoms with Crippen molar-refractivity contribution in [1.82, 2.24) is 19.9 Å². The summed E-state index contributed by atoms with van der Waals surface area (Å²) < 4.78 is 12.3. The van der Waals surface area contributed by atoms with Gasteiger partial charge in [-0.1, -0.05) is 18.2 Å². The first-order chi connectivity index (χ1) is 14.1. The third-order valence-corrected chi connectivity index (χ3v) is 4.14. The van der Waals surface area contributed by atoms with Crippen LogP contribution in [0.15, 0.2) is 42.5 Å². The van der Waals surface area contributed by atoms with Crippen molar-refractivity contribution in [2.45, 2.75) is 26.3 Å². The summed E-state index contributed by atoms with van der Waals surface area (Å²) in [5, 5.41) is 13.5. The van der Waals surface area contributed by atoms with E-state index in [1.165, 1.54) is 0 Å². The van der Waals surface area contributed by atoms with Gasteiger partial charge in [0.25, 0.3) is 0 Å². The van der Waals surface area contributed by atoms with E-state index in [-0.39, 0.29) is 30.6 Å². The van der Waals surface area contributed by atoms with Crippen molar-refractivity contribution >= 4 is 23.4 Å². The maximum Gasteiger partial charge on any atom is 0.238 e. The molecule has 1 aromatic carbocycles. The summed E-state index contributed by atoms with van der Waals surface area (Å²) in [4.78, 5) is 24.3. The number of pyridine rings is 1. The summed E-state index contributed by atoms with van der Waals surface area (Å²) >= 11 is 0. The fourth-order valence-electron chi connectivity index (χ4n) is 2.74. The van der Waals surface area contributed by atoms with Crippen molar-refractivity contribution in [1.29, 1.82) is 0 Å². The average Bonchev–Trinajstić information content (AvgIpc) is 3.15. The topological polar surface area (TPSA) is 107 Å². The van der Waals surface area contributed by atoms with Crippen molar-refractivity contribution in [3.63, 3.8) is 0 Å². The van der Waals surface area contributed by atoms with Crippen LogP contribution in [0.1, 0.15) is 25.3 Å². The van der Waals surface area contributed by atoms with Gasteiger partial charge in [-0.15, -0.1) is 10.2 Å². The SMILES string of the molecule is CCOc1cccc2nnc(NC(=O)CCC(=O)NCc3cccc(OC)c3)n12. The highest BCUT2D eigenvalue weighted by atomic mass is 16.5. The smallest absolute Gasteiger partial charge is 0.238 e. The standard InChI is InChI=1S/C20H23N5O4/c1-3-29-19-9-5-8-16-23-24-20(25(16)19)22-18(27)11-10-17(26)21-13-14-6-4-7-15(12-14)28-2/h4-9,12H,3,10-11,13H2,1-2H3,(H,21,26)(H,22,24,27). The Bertz CT molecular complexity index is 1000. The van der Waals surface area contributed by atoms with Gasteiger partial charge in [-0.25, -0.2) is 4.40 Å². The van der Waals surface area contributed by atoms with Gasteiger partial charge in [0.2, 0.25) is 23.6 Å². The highest BCUT2D eigenvalue weighted by Gasteiger charge is 2.14. The van der Waals surface area contributed by atoms with Gasteiger partial charge in [0.15, 0.2) is 5.65 Å². The monoisotopic (exact) mass is 397 g/mol. The van der Waals surface area contributed by atoms with Crippen LogP contribution in [0, 0.1) is 0 Å². The largest absolute Gasteiger partial charge is 0.497 e. The maximum absolute atomic E-state index is 12.3. The van der Waals surface area contributed by atoms with E-state index in [0.29, 0.717) is 24.7 Å². The van der Waals surface area contributed by atoms with Crippen LogP contribution >= 0.6 is 0 Å². The van der Waals surface area contributed by atoms with Gasteiger partial charge >= 0.3 is 0 Å². The molecule has 0 saturated carbocycles. The Morgan fingerprint density at radius 1 is 1.07 bits per heavy atom. The van der Waals surface area contributed by atoms with E-state index in [4.69, 9.17) is 9.47 Å². The molecule has 9 nitrogen and oxygen atoms in total. The van der Waals surface area contributed by atoms with E-state index in [0.717, 1.165) is 11.3 Å². The van der Waals surface area contributed by atoms with Crippen LogP contribution in [-0.4, -0.2) is 40.1 Å². The molecular weight excluding hydrogens is 374 g/mol. The lowest BCUT2D eigenvalue weighted by Gasteiger charge is -2.09. The molecule has 0 bridgehead atoms. The Hall–Kier alpha value is -3.62. The predicted molar refractivity (Wildman–Crippen MR) is 107 cm³/mol. The van der Waals surface area contributed by atoms with Crippen LogP contribution in [-0.2, 0) is 16.1 Å². The molecule has 29 heavy (non-hydrogen) atoms. The minimum absolute atomic E-state index is 0.0235. The highest BCUT2D eigenvalue weighted by Crippen LogP contribution is 2.19. The Morgan fingerprint density at radius 3 is 2.66 bits per heavy atom. The van der Waals surface area contributed by atoms with E-state index in [1.807, 2.05) is 31.2 Å². The zero-order valence-electron chi connectivity index (χ0n) is 16.3. The van der Waals surface area contributed by atoms with Gasteiger partial charge in [-0.2, -0.15) is 0 Å². The van der Waals surface area contributed by atoms with Crippen LogP contribution < -0.4 is 20.1 Å². The fraction of sp³-hybridized carbons (Fsp3) is 0.300. The third-order valence-electron chi connectivity index (χ3n) is 4.14. The molecule has 152 valence electrons. The minimum Gasteiger partial charge on any atom is -0.497 e. The first-order valence-electron chi connectivity index (χ1n) is 9.27. The van der Waals surface area contributed by atoms with Crippen molar-refractivity contribution in [2.75, 3.05) is 19.0 Å². The number of nitrogens with zero attached hydrogens (tertiary/aromatic N) is 3. The van der Waals surface area contributed by atoms with Crippen LogP contribution in [0.5, 0.6) is 11.6 Å². The number of rotatable bonds is 9. The van der Waals surface area contributed by atoms with Gasteiger partial charge < -0.3 is 14.8 Å². The Morgan fingerprint density at radius 2 is 1.86 bits per heavy atom. The number of fused-ring (bicyclic) bond motifs is 1. The van der Waals surface area contributed by atoms with Crippen molar-refractivity contribution in [3.05, 3.63) is 48.0 Å². The first-order valence-corrected chi connectivity index (χ1v) is 9.27. The van der Waals surface area contributed by atoms with Gasteiger partial charge in [-0.3, -0.25) is 14.9 Å². The Labute approximate surface area is 168 Å². The first kappa shape index (κ1) is 20.1. The number of hydrogen-bond donors (Lipinski definition) is 2. The quantitative estimate of drug-likeness (QED) is 0.573. The van der Waals surface area contributed by atoms with E-state index in [2.05, 4.69) is 20.8 Å². The molecule has 0 fully saturated rings. The second kappa shape index (κ2) is 9.54. The third kappa shape index (κ3) is 5.22. The Balaban J connectivity index is 1.52. The number of carbonyl (C=O) groups excluding carboxylic acids is 2. The van der Waals surface area contributed by atoms with Crippen molar-refractivity contribution < 1.29 is 19.1 Å². The van der Waals surface area contributed by atoms with E-state index < -0.39 is 0 Å². The molecule has 0 atom stereocenters. The summed E-state index contributed by atoms with van der Waals surface area (Å²) in [7, 11) is 1.59. The lowest BCUT2D eigenvalue weighted by atomic mass is 10.2. The van der Waals surface area contributed by atoms with Crippen LogP contribution in [0.3, 0.4) is 0 Å². The van der Waals surface area contributed by atoms with Crippen molar-refractivity contribution in [3.8, 4) is 11.6 Å². The summed E-state index contributed by atoms with van der Waals surface area (Å²) in [6.45, 7) is 2.70. The second-order valence-electron chi connectivity index (χ2n) is 6.19. The average molecular weight is 397 g/mol. The lowest BCUT2D eigenvalue weighted by molar-refractivity contribution is -0.124. The number of amides is 2. The molecule has 3 aromatic rings. The predicted octanol–water partition coefficient (Wildman–Crippen LogP) is 2.17. The van der Waals surface area contributed by atoms with Crippen LogP contribution in [0.4, 0.5) is 5.95 Å².